The first-order valence-corrected chi connectivity index (χ1v) is 5.63. The first-order chi connectivity index (χ1) is 4.92. The number of hydrogen-bond acceptors (Lipinski definition) is 4. The van der Waals surface area contributed by atoms with Crippen LogP contribution in [0.3, 0.4) is 0 Å². The lowest BCUT2D eigenvalue weighted by Gasteiger charge is -2.01. The van der Waals surface area contributed by atoms with E-state index < -0.39 is 15.5 Å². The molecule has 0 saturated heterocycles. The predicted octanol–water partition coefficient (Wildman–Crippen LogP) is 0.659. The van der Waals surface area contributed by atoms with Gasteiger partial charge in [-0.25, -0.2) is 13.7 Å². The molecule has 0 aliphatic carbocycles. The third-order valence-corrected chi connectivity index (χ3v) is 1.94. The van der Waals surface area contributed by atoms with Crippen molar-refractivity contribution < 1.29 is 28.0 Å². The molecule has 0 saturated carbocycles. The molecule has 0 heterocycles. The molecule has 0 atom stereocenters. The van der Waals surface area contributed by atoms with Crippen LogP contribution in [0.15, 0.2) is 0 Å². The minimum Gasteiger partial charge on any atom is -0.303 e. The summed E-state index contributed by atoms with van der Waals surface area (Å²) in [5.74, 6) is 0. The van der Waals surface area contributed by atoms with Gasteiger partial charge in [0.15, 0.2) is 0 Å². The van der Waals surface area contributed by atoms with Gasteiger partial charge < -0.3 is 9.79 Å². The molecule has 0 radical (unpaired) electrons. The van der Waals surface area contributed by atoms with Gasteiger partial charge in [-0.05, 0) is 6.42 Å². The zero-order valence-corrected chi connectivity index (χ0v) is 7.33. The quantitative estimate of drug-likeness (QED) is 0.501. The van der Waals surface area contributed by atoms with Gasteiger partial charge in [-0.2, -0.15) is 0 Å². The summed E-state index contributed by atoms with van der Waals surface area (Å²) in [5, 5.41) is 0. The highest BCUT2D eigenvalue weighted by atomic mass is 31.2. The van der Waals surface area contributed by atoms with Crippen molar-refractivity contribution in [2.24, 2.45) is 0 Å². The van der Waals surface area contributed by atoms with Crippen LogP contribution in [0.25, 0.3) is 0 Å². The maximum atomic E-state index is 10.00. The lowest BCUT2D eigenvalue weighted by molar-refractivity contribution is 0.197. The summed E-state index contributed by atoms with van der Waals surface area (Å²) in [5.41, 5.74) is 0. The van der Waals surface area contributed by atoms with Crippen LogP contribution in [0.4, 0.5) is 0 Å². The van der Waals surface area contributed by atoms with E-state index in [1.807, 2.05) is 0 Å². The second-order valence-corrected chi connectivity index (χ2v) is 4.09. The summed E-state index contributed by atoms with van der Waals surface area (Å²) in [6, 6.07) is 0. The molecule has 0 aliphatic heterocycles. The van der Waals surface area contributed by atoms with E-state index in [1.54, 1.807) is 0 Å². The molecule has 0 unspecified atom stereocenters. The second-order valence-electron chi connectivity index (χ2n) is 1.73. The number of rotatable bonds is 5. The average molecular weight is 202 g/mol. The van der Waals surface area contributed by atoms with Crippen LogP contribution in [0.5, 0.6) is 0 Å². The maximum Gasteiger partial charge on any atom is 0.469 e. The van der Waals surface area contributed by atoms with Gasteiger partial charge in [-0.1, -0.05) is 0 Å². The summed E-state index contributed by atoms with van der Waals surface area (Å²) >= 11 is 0. The monoisotopic (exact) mass is 202 g/mol. The fourth-order valence-electron chi connectivity index (χ4n) is 0.377. The van der Waals surface area contributed by atoms with E-state index in [2.05, 4.69) is 4.52 Å². The summed E-state index contributed by atoms with van der Waals surface area (Å²) in [7, 11) is -6.90. The number of phosphoric ester groups is 1. The molecule has 0 spiro atoms. The lowest BCUT2D eigenvalue weighted by atomic mass is 10.5. The van der Waals surface area contributed by atoms with Crippen molar-refractivity contribution in [2.45, 2.75) is 6.42 Å². The average Bonchev–Trinajstić information content (AvgIpc) is 1.78. The van der Waals surface area contributed by atoms with Gasteiger partial charge >= 0.3 is 15.5 Å². The minimum absolute atomic E-state index is 0.101. The molecule has 11 heavy (non-hydrogen) atoms. The van der Waals surface area contributed by atoms with Gasteiger partial charge in [0, 0.05) is 0 Å². The lowest BCUT2D eigenvalue weighted by Crippen LogP contribution is -1.92. The fraction of sp³-hybridized carbons (Fsp3) is 1.00. The van der Waals surface area contributed by atoms with Gasteiger partial charge in [0.05, 0.1) is 12.8 Å². The van der Waals surface area contributed by atoms with E-state index in [9.17, 15) is 13.7 Å². The highest BCUT2D eigenvalue weighted by Gasteiger charge is 2.12. The SMILES string of the molecule is O=P(=O)CCCOP(=O)(O)O. The van der Waals surface area contributed by atoms with Crippen LogP contribution < -0.4 is 0 Å². The molecular weight excluding hydrogens is 194 g/mol. The van der Waals surface area contributed by atoms with Crippen molar-refractivity contribution in [3.63, 3.8) is 0 Å². The first-order valence-electron chi connectivity index (χ1n) is 2.74. The maximum absolute atomic E-state index is 10.00. The molecule has 0 aromatic rings. The normalized spacial score (nSPS) is 11.5. The summed E-state index contributed by atoms with van der Waals surface area (Å²) in [4.78, 5) is 16.2. The summed E-state index contributed by atoms with van der Waals surface area (Å²) in [6.07, 6.45) is -0.0147. The summed E-state index contributed by atoms with van der Waals surface area (Å²) in [6.45, 7) is -0.242. The van der Waals surface area contributed by atoms with Gasteiger partial charge in [0.1, 0.15) is 0 Å². The van der Waals surface area contributed by atoms with Crippen molar-refractivity contribution in [2.75, 3.05) is 12.8 Å². The molecule has 66 valence electrons. The number of hydrogen-bond donors (Lipinski definition) is 2. The Kier molecular flexibility index (Phi) is 4.81. The molecule has 0 aliphatic rings. The zero-order valence-electron chi connectivity index (χ0n) is 5.54. The highest BCUT2D eigenvalue weighted by Crippen LogP contribution is 2.35. The minimum atomic E-state index is -4.42. The Morgan fingerprint density at radius 2 is 1.91 bits per heavy atom. The molecule has 2 N–H and O–H groups in total. The van der Waals surface area contributed by atoms with Crippen LogP contribution in [0.1, 0.15) is 6.42 Å². The largest absolute Gasteiger partial charge is 0.469 e. The van der Waals surface area contributed by atoms with E-state index in [0.29, 0.717) is 0 Å². The third-order valence-electron chi connectivity index (χ3n) is 0.744. The van der Waals surface area contributed by atoms with Crippen molar-refractivity contribution in [1.82, 2.24) is 0 Å². The second kappa shape index (κ2) is 4.80. The van der Waals surface area contributed by atoms with Gasteiger partial charge in [-0.15, -0.1) is 0 Å². The molecular formula is C3H8O6P2. The van der Waals surface area contributed by atoms with Crippen molar-refractivity contribution >= 4 is 15.5 Å². The highest BCUT2D eigenvalue weighted by molar-refractivity contribution is 7.46. The standard InChI is InChI=1S/C3H8O6P2/c4-10(5)3-1-2-9-11(6,7)8/h1-3H2,(H2,6,7,8). The predicted molar refractivity (Wildman–Crippen MR) is 35.8 cm³/mol. The van der Waals surface area contributed by atoms with Crippen LogP contribution in [0, 0.1) is 0 Å². The molecule has 0 rings (SSSR count). The molecule has 6 nitrogen and oxygen atoms in total. The van der Waals surface area contributed by atoms with Crippen molar-refractivity contribution in [1.29, 1.82) is 0 Å². The van der Waals surface area contributed by atoms with E-state index in [4.69, 9.17) is 9.79 Å². The summed E-state index contributed by atoms with van der Waals surface area (Å²) < 4.78 is 33.8. The van der Waals surface area contributed by atoms with E-state index in [-0.39, 0.29) is 19.2 Å². The van der Waals surface area contributed by atoms with Gasteiger partial charge in [0.2, 0.25) is 0 Å². The molecule has 0 amide bonds. The molecule has 0 aromatic heterocycles. The third kappa shape index (κ3) is 10.0. The van der Waals surface area contributed by atoms with E-state index in [1.165, 1.54) is 0 Å². The Bertz CT molecular complexity index is 206. The van der Waals surface area contributed by atoms with Gasteiger partial charge in [0.25, 0.3) is 0 Å². The van der Waals surface area contributed by atoms with Crippen LogP contribution in [-0.2, 0) is 18.2 Å². The van der Waals surface area contributed by atoms with Crippen molar-refractivity contribution in [3.05, 3.63) is 0 Å². The Hall–Kier alpha value is 0.01000. The molecule has 0 bridgehead atoms. The Morgan fingerprint density at radius 1 is 1.36 bits per heavy atom. The van der Waals surface area contributed by atoms with Crippen LogP contribution in [-0.4, -0.2) is 22.6 Å². The molecule has 8 heteroatoms. The smallest absolute Gasteiger partial charge is 0.303 e. The van der Waals surface area contributed by atoms with Crippen molar-refractivity contribution in [3.8, 4) is 0 Å². The van der Waals surface area contributed by atoms with E-state index >= 15 is 0 Å². The number of phosphoric acid groups is 1. The Morgan fingerprint density at radius 3 is 2.27 bits per heavy atom. The Labute approximate surface area is 63.6 Å². The van der Waals surface area contributed by atoms with Crippen LogP contribution in [0.2, 0.25) is 0 Å². The van der Waals surface area contributed by atoms with Gasteiger partial charge in [-0.3, -0.25) is 4.52 Å². The first kappa shape index (κ1) is 11.0. The van der Waals surface area contributed by atoms with Crippen LogP contribution >= 0.6 is 15.5 Å². The zero-order chi connectivity index (χ0) is 8.91. The Balaban J connectivity index is 3.36. The fourth-order valence-corrected chi connectivity index (χ4v) is 1.13. The topological polar surface area (TPSA) is 101 Å². The molecule has 0 aromatic carbocycles. The molecule has 0 fully saturated rings. The van der Waals surface area contributed by atoms with E-state index in [0.717, 1.165) is 0 Å².